The van der Waals surface area contributed by atoms with Crippen molar-refractivity contribution < 1.29 is 33.5 Å². The minimum atomic E-state index is -1.04. The molecule has 0 aromatic heterocycles. The Balaban J connectivity index is 1.12. The lowest BCUT2D eigenvalue weighted by Gasteiger charge is -2.18. The molecule has 4 rings (SSSR count). The van der Waals surface area contributed by atoms with E-state index in [1.807, 2.05) is 48.5 Å². The number of anilines is 1. The second kappa shape index (κ2) is 17.6. The van der Waals surface area contributed by atoms with E-state index in [0.29, 0.717) is 5.69 Å². The summed E-state index contributed by atoms with van der Waals surface area (Å²) in [6.07, 6.45) is -0.179. The lowest BCUT2D eigenvalue weighted by atomic mass is 10.1. The number of ether oxygens (including phenoxy) is 1. The second-order valence-electron chi connectivity index (χ2n) is 11.1. The molecule has 3 atom stereocenters. The smallest absolute Gasteiger partial charge is 0.410 e. The van der Waals surface area contributed by atoms with Gasteiger partial charge in [-0.3, -0.25) is 28.9 Å². The Bertz CT molecular complexity index is 1590. The van der Waals surface area contributed by atoms with Crippen molar-refractivity contribution in [3.05, 3.63) is 96.1 Å². The van der Waals surface area contributed by atoms with E-state index in [1.54, 1.807) is 36.4 Å². The SMILES string of the molecule is NC(=O)C(CSC1CC(=O)N(Cc2ccccc2)C1=O)NC(=O)CCCNC(=O)Oc1ccc(CC(N)C(=O)Nc2ccccc2)cc1. The van der Waals surface area contributed by atoms with Crippen molar-refractivity contribution in [2.45, 2.75) is 49.6 Å². The summed E-state index contributed by atoms with van der Waals surface area (Å²) in [6.45, 7) is 0.299. The molecule has 48 heavy (non-hydrogen) atoms. The summed E-state index contributed by atoms with van der Waals surface area (Å²) in [4.78, 5) is 75.5. The van der Waals surface area contributed by atoms with Gasteiger partial charge in [0.25, 0.3) is 0 Å². The van der Waals surface area contributed by atoms with Gasteiger partial charge in [0.2, 0.25) is 29.5 Å². The van der Waals surface area contributed by atoms with Gasteiger partial charge in [0, 0.05) is 30.8 Å². The van der Waals surface area contributed by atoms with Crippen LogP contribution in [0.1, 0.15) is 30.4 Å². The molecular formula is C34H38N6O7S. The molecule has 1 fully saturated rings. The largest absolute Gasteiger partial charge is 0.412 e. The maximum atomic E-state index is 12.8. The molecule has 0 saturated carbocycles. The average Bonchev–Trinajstić information content (AvgIpc) is 3.34. The summed E-state index contributed by atoms with van der Waals surface area (Å²) in [5.74, 6) is -1.87. The maximum Gasteiger partial charge on any atom is 0.412 e. The summed E-state index contributed by atoms with van der Waals surface area (Å²) in [6, 6.07) is 22.9. The van der Waals surface area contributed by atoms with E-state index in [9.17, 15) is 28.8 Å². The Morgan fingerprint density at radius 3 is 2.25 bits per heavy atom. The second-order valence-corrected chi connectivity index (χ2v) is 12.3. The molecular weight excluding hydrogens is 636 g/mol. The number of nitrogens with one attached hydrogen (secondary N) is 3. The predicted molar refractivity (Wildman–Crippen MR) is 180 cm³/mol. The highest BCUT2D eigenvalue weighted by molar-refractivity contribution is 8.00. The van der Waals surface area contributed by atoms with Crippen LogP contribution in [0.5, 0.6) is 5.75 Å². The number of thioether (sulfide) groups is 1. The number of hydrogen-bond acceptors (Lipinski definition) is 9. The first-order chi connectivity index (χ1) is 23.1. The number of likely N-dealkylation sites (tertiary alicyclic amines) is 1. The van der Waals surface area contributed by atoms with Crippen LogP contribution in [-0.4, -0.2) is 70.2 Å². The number of primary amides is 1. The molecule has 1 aliphatic heterocycles. The molecule has 3 aromatic rings. The van der Waals surface area contributed by atoms with Gasteiger partial charge < -0.3 is 32.2 Å². The molecule has 0 radical (unpaired) electrons. The third-order valence-corrected chi connectivity index (χ3v) is 8.64. The van der Waals surface area contributed by atoms with E-state index in [-0.39, 0.29) is 68.0 Å². The summed E-state index contributed by atoms with van der Waals surface area (Å²) < 4.78 is 5.26. The fourth-order valence-corrected chi connectivity index (χ4v) is 5.97. The Labute approximate surface area is 282 Å². The molecule has 0 spiro atoms. The van der Waals surface area contributed by atoms with E-state index in [2.05, 4.69) is 16.0 Å². The number of para-hydroxylation sites is 1. The van der Waals surface area contributed by atoms with Crippen molar-refractivity contribution in [2.24, 2.45) is 11.5 Å². The number of hydrogen-bond donors (Lipinski definition) is 5. The van der Waals surface area contributed by atoms with Gasteiger partial charge in [0.05, 0.1) is 17.8 Å². The highest BCUT2D eigenvalue weighted by Gasteiger charge is 2.39. The van der Waals surface area contributed by atoms with Crippen LogP contribution in [0.3, 0.4) is 0 Å². The van der Waals surface area contributed by atoms with Gasteiger partial charge in [-0.15, -0.1) is 11.8 Å². The molecule has 1 saturated heterocycles. The lowest BCUT2D eigenvalue weighted by molar-refractivity contribution is -0.139. The zero-order valence-corrected chi connectivity index (χ0v) is 26.9. The Kier molecular flexibility index (Phi) is 13.1. The third-order valence-electron chi connectivity index (χ3n) is 7.35. The molecule has 1 aliphatic rings. The van der Waals surface area contributed by atoms with Crippen molar-refractivity contribution in [3.8, 4) is 5.75 Å². The Morgan fingerprint density at radius 2 is 1.58 bits per heavy atom. The van der Waals surface area contributed by atoms with Gasteiger partial charge in [0.15, 0.2) is 0 Å². The third kappa shape index (κ3) is 11.0. The van der Waals surface area contributed by atoms with Crippen molar-refractivity contribution in [2.75, 3.05) is 17.6 Å². The number of rotatable bonds is 16. The molecule has 252 valence electrons. The van der Waals surface area contributed by atoms with Gasteiger partial charge in [0.1, 0.15) is 11.8 Å². The topological polar surface area (TPSA) is 203 Å². The first kappa shape index (κ1) is 35.6. The van der Waals surface area contributed by atoms with Crippen molar-refractivity contribution in [3.63, 3.8) is 0 Å². The summed E-state index contributed by atoms with van der Waals surface area (Å²) in [5.41, 5.74) is 13.8. The zero-order valence-electron chi connectivity index (χ0n) is 26.1. The van der Waals surface area contributed by atoms with E-state index in [0.717, 1.165) is 22.9 Å². The van der Waals surface area contributed by atoms with Crippen LogP contribution in [-0.2, 0) is 36.9 Å². The standard InChI is InChI=1S/C34H38N6O7S/c35-26(32(44)38-24-10-5-2-6-11-24)18-22-13-15-25(16-14-22)47-34(46)37-17-7-12-29(41)39-27(31(36)43)21-48-28-19-30(42)40(33(28)45)20-23-8-3-1-4-9-23/h1-6,8-11,13-16,26-28H,7,12,17-21,35H2,(H2,36,43)(H,37,46)(H,38,44)(H,39,41). The van der Waals surface area contributed by atoms with Crippen LogP contribution in [0.4, 0.5) is 10.5 Å². The minimum Gasteiger partial charge on any atom is -0.410 e. The molecule has 3 aromatic carbocycles. The number of benzene rings is 3. The molecule has 13 nitrogen and oxygen atoms in total. The number of imide groups is 1. The molecule has 3 unspecified atom stereocenters. The molecule has 1 heterocycles. The molecule has 0 bridgehead atoms. The number of carbonyl (C=O) groups excluding carboxylic acids is 6. The maximum absolute atomic E-state index is 12.8. The van der Waals surface area contributed by atoms with Crippen LogP contribution < -0.4 is 32.2 Å². The fourth-order valence-electron chi connectivity index (χ4n) is 4.77. The normalized spacial score (nSPS) is 15.4. The summed E-state index contributed by atoms with van der Waals surface area (Å²) in [5, 5.41) is 7.21. The van der Waals surface area contributed by atoms with Gasteiger partial charge >= 0.3 is 6.09 Å². The van der Waals surface area contributed by atoms with E-state index in [1.165, 1.54) is 4.90 Å². The zero-order chi connectivity index (χ0) is 34.5. The van der Waals surface area contributed by atoms with Crippen LogP contribution in [0, 0.1) is 0 Å². The molecule has 6 amide bonds. The van der Waals surface area contributed by atoms with Gasteiger partial charge in [-0.05, 0) is 48.2 Å². The van der Waals surface area contributed by atoms with Crippen LogP contribution >= 0.6 is 11.8 Å². The van der Waals surface area contributed by atoms with Crippen molar-refractivity contribution in [1.82, 2.24) is 15.5 Å². The predicted octanol–water partition coefficient (Wildman–Crippen LogP) is 2.09. The fraction of sp³-hybridized carbons (Fsp3) is 0.294. The van der Waals surface area contributed by atoms with E-state index >= 15 is 0 Å². The minimum absolute atomic E-state index is 0.00372. The lowest BCUT2D eigenvalue weighted by Crippen LogP contribution is -2.46. The van der Waals surface area contributed by atoms with Gasteiger partial charge in [-0.1, -0.05) is 60.7 Å². The Morgan fingerprint density at radius 1 is 0.917 bits per heavy atom. The summed E-state index contributed by atoms with van der Waals surface area (Å²) >= 11 is 1.10. The molecule has 14 heteroatoms. The van der Waals surface area contributed by atoms with Gasteiger partial charge in [-0.2, -0.15) is 0 Å². The molecule has 0 aliphatic carbocycles. The van der Waals surface area contributed by atoms with Crippen LogP contribution in [0.2, 0.25) is 0 Å². The number of nitrogens with zero attached hydrogens (tertiary/aromatic N) is 1. The number of carbonyl (C=O) groups is 6. The molecule has 7 N–H and O–H groups in total. The van der Waals surface area contributed by atoms with E-state index in [4.69, 9.17) is 16.2 Å². The number of nitrogens with two attached hydrogens (primary N) is 2. The quantitative estimate of drug-likeness (QED) is 0.111. The highest BCUT2D eigenvalue weighted by atomic mass is 32.2. The van der Waals surface area contributed by atoms with Crippen molar-refractivity contribution in [1.29, 1.82) is 0 Å². The first-order valence-electron chi connectivity index (χ1n) is 15.3. The van der Waals surface area contributed by atoms with Crippen LogP contribution in [0.15, 0.2) is 84.9 Å². The van der Waals surface area contributed by atoms with Gasteiger partial charge in [-0.25, -0.2) is 4.79 Å². The number of amides is 6. The van der Waals surface area contributed by atoms with E-state index < -0.39 is 35.2 Å². The highest BCUT2D eigenvalue weighted by Crippen LogP contribution is 2.27. The average molecular weight is 675 g/mol. The van der Waals surface area contributed by atoms with Crippen LogP contribution in [0.25, 0.3) is 0 Å². The van der Waals surface area contributed by atoms with Crippen molar-refractivity contribution >= 4 is 53.1 Å². The first-order valence-corrected chi connectivity index (χ1v) is 16.4. The monoisotopic (exact) mass is 674 g/mol. The Hall–Kier alpha value is -5.21. The summed E-state index contributed by atoms with van der Waals surface area (Å²) in [7, 11) is 0.